The lowest BCUT2D eigenvalue weighted by atomic mass is 10.0. The molecule has 1 aliphatic rings. The molecular weight excluding hydrogens is 355 g/mol. The highest BCUT2D eigenvalue weighted by molar-refractivity contribution is 5.85. The van der Waals surface area contributed by atoms with E-state index < -0.39 is 0 Å². The number of para-hydroxylation sites is 1. The maximum Gasteiger partial charge on any atom is 0.170 e. The molecule has 0 aliphatic carbocycles. The van der Waals surface area contributed by atoms with Crippen molar-refractivity contribution in [3.63, 3.8) is 0 Å². The van der Waals surface area contributed by atoms with Gasteiger partial charge in [-0.25, -0.2) is 4.39 Å². The molecule has 1 saturated heterocycles. The molecule has 0 radical (unpaired) electrons. The van der Waals surface area contributed by atoms with E-state index >= 15 is 0 Å². The van der Waals surface area contributed by atoms with Crippen LogP contribution in [0.4, 0.5) is 4.39 Å². The molecule has 3 aromatic rings. The molecule has 136 valence electrons. The van der Waals surface area contributed by atoms with Crippen molar-refractivity contribution in [1.82, 2.24) is 30.4 Å². The van der Waals surface area contributed by atoms with Crippen LogP contribution in [0.25, 0.3) is 5.69 Å². The molecule has 0 bridgehead atoms. The van der Waals surface area contributed by atoms with Gasteiger partial charge in [0.1, 0.15) is 5.82 Å². The van der Waals surface area contributed by atoms with Crippen molar-refractivity contribution < 1.29 is 4.39 Å². The molecular formula is C18H20ClFN6. The summed E-state index contributed by atoms with van der Waals surface area (Å²) < 4.78 is 15.4. The Morgan fingerprint density at radius 3 is 2.77 bits per heavy atom. The summed E-state index contributed by atoms with van der Waals surface area (Å²) in [7, 11) is 0. The van der Waals surface area contributed by atoms with E-state index in [0.29, 0.717) is 6.54 Å². The van der Waals surface area contributed by atoms with Gasteiger partial charge in [0, 0.05) is 25.7 Å². The number of aromatic nitrogens is 4. The fraction of sp³-hybridized carbons (Fsp3) is 0.278. The summed E-state index contributed by atoms with van der Waals surface area (Å²) in [5.74, 6) is 0.562. The van der Waals surface area contributed by atoms with Crippen LogP contribution in [0, 0.1) is 5.82 Å². The van der Waals surface area contributed by atoms with Gasteiger partial charge in [-0.3, -0.25) is 4.90 Å². The normalized spacial score (nSPS) is 17.7. The first-order valence-corrected chi connectivity index (χ1v) is 8.34. The van der Waals surface area contributed by atoms with E-state index in [1.54, 1.807) is 16.8 Å². The Morgan fingerprint density at radius 2 is 1.96 bits per heavy atom. The van der Waals surface area contributed by atoms with Crippen molar-refractivity contribution in [2.45, 2.75) is 12.6 Å². The second-order valence-electron chi connectivity index (χ2n) is 6.09. The highest BCUT2D eigenvalue weighted by atomic mass is 35.5. The van der Waals surface area contributed by atoms with Gasteiger partial charge in [-0.15, -0.1) is 17.5 Å². The zero-order valence-electron chi connectivity index (χ0n) is 14.1. The van der Waals surface area contributed by atoms with Gasteiger partial charge in [-0.05, 0) is 40.3 Å². The Morgan fingerprint density at radius 1 is 1.12 bits per heavy atom. The van der Waals surface area contributed by atoms with Crippen LogP contribution < -0.4 is 5.32 Å². The largest absolute Gasteiger partial charge is 0.314 e. The lowest BCUT2D eigenvalue weighted by Crippen LogP contribution is -2.45. The molecule has 0 amide bonds. The minimum Gasteiger partial charge on any atom is -0.314 e. The first-order chi connectivity index (χ1) is 12.3. The molecule has 1 aliphatic heterocycles. The van der Waals surface area contributed by atoms with Crippen LogP contribution in [0.5, 0.6) is 0 Å². The Bertz CT molecular complexity index is 840. The van der Waals surface area contributed by atoms with Gasteiger partial charge in [0.15, 0.2) is 5.82 Å². The highest BCUT2D eigenvalue weighted by Crippen LogP contribution is 2.24. The van der Waals surface area contributed by atoms with Crippen LogP contribution in [0.15, 0.2) is 54.6 Å². The Balaban J connectivity index is 0.00000196. The van der Waals surface area contributed by atoms with Crippen molar-refractivity contribution >= 4 is 12.4 Å². The number of nitrogens with one attached hydrogen (secondary N) is 1. The summed E-state index contributed by atoms with van der Waals surface area (Å²) >= 11 is 0. The van der Waals surface area contributed by atoms with Crippen molar-refractivity contribution in [2.24, 2.45) is 0 Å². The molecule has 1 N–H and O–H groups in total. The number of hydrogen-bond donors (Lipinski definition) is 1. The quantitative estimate of drug-likeness (QED) is 0.759. The van der Waals surface area contributed by atoms with E-state index in [9.17, 15) is 4.39 Å². The standard InChI is InChI=1S/C18H19FN6.ClH/c19-15-6-4-5-14(11-15)17-12-20-9-10-24(17)13-18-21-22-23-25(18)16-7-2-1-3-8-16;/h1-8,11,17,20H,9-10,12-13H2;1H. The van der Waals surface area contributed by atoms with E-state index in [4.69, 9.17) is 0 Å². The number of benzene rings is 2. The molecule has 1 fully saturated rings. The SMILES string of the molecule is Cl.Fc1cccc(C2CNCCN2Cc2nnnn2-c2ccccc2)c1. The summed E-state index contributed by atoms with van der Waals surface area (Å²) in [6.45, 7) is 3.11. The lowest BCUT2D eigenvalue weighted by molar-refractivity contribution is 0.148. The smallest absolute Gasteiger partial charge is 0.170 e. The van der Waals surface area contributed by atoms with Crippen LogP contribution in [0.3, 0.4) is 0 Å². The third-order valence-electron chi connectivity index (χ3n) is 4.47. The van der Waals surface area contributed by atoms with Gasteiger partial charge in [0.2, 0.25) is 0 Å². The summed E-state index contributed by atoms with van der Waals surface area (Å²) in [5.41, 5.74) is 1.89. The second kappa shape index (κ2) is 8.35. The van der Waals surface area contributed by atoms with Crippen molar-refractivity contribution in [1.29, 1.82) is 0 Å². The Hall–Kier alpha value is -2.35. The average molecular weight is 375 g/mol. The number of piperazine rings is 1. The molecule has 1 unspecified atom stereocenters. The molecule has 1 aromatic heterocycles. The van der Waals surface area contributed by atoms with Crippen molar-refractivity contribution in [3.05, 3.63) is 71.8 Å². The minimum absolute atomic E-state index is 0. The topological polar surface area (TPSA) is 58.9 Å². The summed E-state index contributed by atoms with van der Waals surface area (Å²) in [5, 5.41) is 15.5. The molecule has 26 heavy (non-hydrogen) atoms. The van der Waals surface area contributed by atoms with Crippen LogP contribution in [-0.2, 0) is 6.54 Å². The van der Waals surface area contributed by atoms with E-state index in [1.807, 2.05) is 36.4 Å². The molecule has 2 aromatic carbocycles. The van der Waals surface area contributed by atoms with Crippen LogP contribution in [-0.4, -0.2) is 44.7 Å². The molecule has 8 heteroatoms. The van der Waals surface area contributed by atoms with E-state index in [-0.39, 0.29) is 24.3 Å². The van der Waals surface area contributed by atoms with Crippen LogP contribution in [0.2, 0.25) is 0 Å². The summed E-state index contributed by atoms with van der Waals surface area (Å²) in [6.07, 6.45) is 0. The second-order valence-corrected chi connectivity index (χ2v) is 6.09. The lowest BCUT2D eigenvalue weighted by Gasteiger charge is -2.36. The number of rotatable bonds is 4. The maximum absolute atomic E-state index is 13.6. The fourth-order valence-corrected chi connectivity index (χ4v) is 3.23. The van der Waals surface area contributed by atoms with E-state index in [2.05, 4.69) is 25.7 Å². The Labute approximate surface area is 157 Å². The fourth-order valence-electron chi connectivity index (χ4n) is 3.23. The molecule has 0 spiro atoms. The monoisotopic (exact) mass is 374 g/mol. The molecule has 1 atom stereocenters. The first kappa shape index (κ1) is 18.4. The molecule has 4 rings (SSSR count). The number of nitrogens with zero attached hydrogens (tertiary/aromatic N) is 5. The van der Waals surface area contributed by atoms with Gasteiger partial charge in [-0.2, -0.15) is 4.68 Å². The van der Waals surface area contributed by atoms with Crippen LogP contribution in [0.1, 0.15) is 17.4 Å². The maximum atomic E-state index is 13.6. The van der Waals surface area contributed by atoms with E-state index in [1.165, 1.54) is 6.07 Å². The predicted molar refractivity (Wildman–Crippen MR) is 98.8 cm³/mol. The molecule has 0 saturated carbocycles. The van der Waals surface area contributed by atoms with Gasteiger partial charge in [0.05, 0.1) is 12.2 Å². The minimum atomic E-state index is -0.211. The van der Waals surface area contributed by atoms with Gasteiger partial charge >= 0.3 is 0 Å². The van der Waals surface area contributed by atoms with Gasteiger partial charge in [0.25, 0.3) is 0 Å². The van der Waals surface area contributed by atoms with Gasteiger partial charge < -0.3 is 5.32 Å². The van der Waals surface area contributed by atoms with Crippen molar-refractivity contribution in [3.8, 4) is 5.69 Å². The molecule has 6 nitrogen and oxygen atoms in total. The third-order valence-corrected chi connectivity index (χ3v) is 4.47. The predicted octanol–water partition coefficient (Wildman–Crippen LogP) is 2.37. The Kier molecular flexibility index (Phi) is 5.92. The first-order valence-electron chi connectivity index (χ1n) is 8.34. The third kappa shape index (κ3) is 3.90. The summed E-state index contributed by atoms with van der Waals surface area (Å²) in [4.78, 5) is 2.29. The number of halogens is 2. The zero-order chi connectivity index (χ0) is 17.1. The number of tetrazole rings is 1. The van der Waals surface area contributed by atoms with Crippen molar-refractivity contribution in [2.75, 3.05) is 19.6 Å². The number of hydrogen-bond acceptors (Lipinski definition) is 5. The van der Waals surface area contributed by atoms with E-state index in [0.717, 1.165) is 36.7 Å². The highest BCUT2D eigenvalue weighted by Gasteiger charge is 2.26. The summed E-state index contributed by atoms with van der Waals surface area (Å²) in [6, 6.07) is 16.7. The van der Waals surface area contributed by atoms with Gasteiger partial charge in [-0.1, -0.05) is 30.3 Å². The molecule has 2 heterocycles. The van der Waals surface area contributed by atoms with Crippen LogP contribution >= 0.6 is 12.4 Å². The average Bonchev–Trinajstić information content (AvgIpc) is 3.11. The zero-order valence-corrected chi connectivity index (χ0v) is 14.9.